The van der Waals surface area contributed by atoms with Crippen molar-refractivity contribution in [1.82, 2.24) is 5.32 Å². The molecule has 1 saturated carbocycles. The number of benzene rings is 1. The van der Waals surface area contributed by atoms with E-state index in [0.717, 1.165) is 16.3 Å². The van der Waals surface area contributed by atoms with Crippen molar-refractivity contribution in [1.29, 1.82) is 0 Å². The van der Waals surface area contributed by atoms with Gasteiger partial charge >= 0.3 is 0 Å². The van der Waals surface area contributed by atoms with Crippen molar-refractivity contribution in [2.75, 3.05) is 29.4 Å². The molecule has 0 spiro atoms. The van der Waals surface area contributed by atoms with Crippen molar-refractivity contribution in [2.24, 2.45) is 0 Å². The molecule has 1 amide bonds. The summed E-state index contributed by atoms with van der Waals surface area (Å²) in [4.78, 5) is 12.2. The summed E-state index contributed by atoms with van der Waals surface area (Å²) in [6.07, 6.45) is 6.26. The van der Waals surface area contributed by atoms with Gasteiger partial charge in [0.1, 0.15) is 12.3 Å². The van der Waals surface area contributed by atoms with Gasteiger partial charge in [-0.2, -0.15) is 11.8 Å². The average molecular weight is 415 g/mol. The Kier molecular flexibility index (Phi) is 8.28. The number of sulfonamides is 1. The van der Waals surface area contributed by atoms with Crippen LogP contribution in [0.1, 0.15) is 39.5 Å². The molecule has 2 rings (SSSR count). The van der Waals surface area contributed by atoms with E-state index < -0.39 is 10.0 Å². The molecule has 27 heavy (non-hydrogen) atoms. The quantitative estimate of drug-likeness (QED) is 0.596. The van der Waals surface area contributed by atoms with Crippen LogP contribution in [0.25, 0.3) is 0 Å². The zero-order valence-corrected chi connectivity index (χ0v) is 17.9. The molecule has 0 saturated heterocycles. The summed E-state index contributed by atoms with van der Waals surface area (Å²) in [6.45, 7) is 4.17. The number of anilines is 1. The van der Waals surface area contributed by atoms with E-state index in [0.29, 0.717) is 23.2 Å². The summed E-state index contributed by atoms with van der Waals surface area (Å²) in [5.41, 5.74) is 0.448. The monoisotopic (exact) mass is 414 g/mol. The van der Waals surface area contributed by atoms with Crippen LogP contribution in [-0.2, 0) is 14.8 Å². The van der Waals surface area contributed by atoms with Crippen LogP contribution in [0.3, 0.4) is 0 Å². The van der Waals surface area contributed by atoms with E-state index in [1.165, 1.54) is 25.7 Å². The minimum Gasteiger partial charge on any atom is -0.491 e. The molecule has 0 aliphatic heterocycles. The molecule has 1 aliphatic rings. The summed E-state index contributed by atoms with van der Waals surface area (Å²) in [5, 5.41) is 3.54. The van der Waals surface area contributed by atoms with Gasteiger partial charge in [-0.3, -0.25) is 9.10 Å². The van der Waals surface area contributed by atoms with Crippen molar-refractivity contribution in [2.45, 2.75) is 50.9 Å². The van der Waals surface area contributed by atoms with Crippen LogP contribution in [0.2, 0.25) is 0 Å². The Balaban J connectivity index is 1.88. The van der Waals surface area contributed by atoms with Crippen LogP contribution < -0.4 is 14.4 Å². The first-order valence-corrected chi connectivity index (χ1v) is 12.3. The fourth-order valence-electron chi connectivity index (χ4n) is 3.02. The standard InChI is InChI=1S/C19H30N2O4S2/c1-15(2)25-17-10-8-16(9-11-17)21(27(3,23)24)14-19(22)20-12-13-26-18-6-4-5-7-18/h8-11,15,18H,4-7,12-14H2,1-3H3,(H,20,22). The van der Waals surface area contributed by atoms with Crippen molar-refractivity contribution < 1.29 is 17.9 Å². The lowest BCUT2D eigenvalue weighted by atomic mass is 10.3. The number of hydrogen-bond donors (Lipinski definition) is 1. The number of carbonyl (C=O) groups is 1. The second-order valence-corrected chi connectivity index (χ2v) is 10.4. The Morgan fingerprint density at radius 3 is 2.44 bits per heavy atom. The van der Waals surface area contributed by atoms with Gasteiger partial charge in [-0.1, -0.05) is 12.8 Å². The number of ether oxygens (including phenoxy) is 1. The highest BCUT2D eigenvalue weighted by Gasteiger charge is 2.21. The van der Waals surface area contributed by atoms with Gasteiger partial charge in [0.25, 0.3) is 0 Å². The smallest absolute Gasteiger partial charge is 0.240 e. The molecule has 1 N–H and O–H groups in total. The van der Waals surface area contributed by atoms with Gasteiger partial charge in [-0.25, -0.2) is 8.42 Å². The van der Waals surface area contributed by atoms with Gasteiger partial charge in [-0.15, -0.1) is 0 Å². The molecule has 1 aromatic rings. The fraction of sp³-hybridized carbons (Fsp3) is 0.632. The van der Waals surface area contributed by atoms with Crippen molar-refractivity contribution in [3.8, 4) is 5.75 Å². The first-order chi connectivity index (χ1) is 12.8. The molecule has 1 fully saturated rings. The zero-order chi connectivity index (χ0) is 19.9. The first kappa shape index (κ1) is 21.9. The van der Waals surface area contributed by atoms with Crippen LogP contribution in [0.4, 0.5) is 5.69 Å². The number of hydrogen-bond acceptors (Lipinski definition) is 5. The van der Waals surface area contributed by atoms with Crippen molar-refractivity contribution in [3.63, 3.8) is 0 Å². The number of nitrogens with zero attached hydrogens (tertiary/aromatic N) is 1. The van der Waals surface area contributed by atoms with E-state index >= 15 is 0 Å². The molecule has 8 heteroatoms. The summed E-state index contributed by atoms with van der Waals surface area (Å²) in [6, 6.07) is 6.73. The lowest BCUT2D eigenvalue weighted by molar-refractivity contribution is -0.119. The number of thioether (sulfide) groups is 1. The van der Waals surface area contributed by atoms with Gasteiger partial charge < -0.3 is 10.1 Å². The molecule has 0 radical (unpaired) electrons. The SMILES string of the molecule is CC(C)Oc1ccc(N(CC(=O)NCCSC2CCCC2)S(C)(=O)=O)cc1. The fourth-order valence-corrected chi connectivity index (χ4v) is 5.10. The molecule has 0 aromatic heterocycles. The Hall–Kier alpha value is -1.41. The molecule has 1 aliphatic carbocycles. The predicted octanol–water partition coefficient (Wildman–Crippen LogP) is 3.03. The largest absolute Gasteiger partial charge is 0.491 e. The number of carbonyl (C=O) groups excluding carboxylic acids is 1. The Labute approximate surface area is 167 Å². The highest BCUT2D eigenvalue weighted by Crippen LogP contribution is 2.28. The molecule has 152 valence electrons. The average Bonchev–Trinajstić information content (AvgIpc) is 3.09. The number of amides is 1. The molecule has 6 nitrogen and oxygen atoms in total. The number of nitrogens with one attached hydrogen (secondary N) is 1. The summed E-state index contributed by atoms with van der Waals surface area (Å²) in [5.74, 6) is 1.22. The highest BCUT2D eigenvalue weighted by atomic mass is 32.2. The zero-order valence-electron chi connectivity index (χ0n) is 16.3. The van der Waals surface area contributed by atoms with E-state index in [4.69, 9.17) is 4.74 Å². The number of rotatable bonds is 10. The Morgan fingerprint density at radius 2 is 1.89 bits per heavy atom. The van der Waals surface area contributed by atoms with E-state index in [9.17, 15) is 13.2 Å². The van der Waals surface area contributed by atoms with Crippen molar-refractivity contribution >= 4 is 33.4 Å². The third-order valence-electron chi connectivity index (χ3n) is 4.26. The molecular weight excluding hydrogens is 384 g/mol. The van der Waals surface area contributed by atoms with E-state index in [-0.39, 0.29) is 18.6 Å². The predicted molar refractivity (Wildman–Crippen MR) is 112 cm³/mol. The lowest BCUT2D eigenvalue weighted by Gasteiger charge is -2.22. The maximum Gasteiger partial charge on any atom is 0.240 e. The van der Waals surface area contributed by atoms with Crippen LogP contribution in [0, 0.1) is 0 Å². The molecule has 0 bridgehead atoms. The third kappa shape index (κ3) is 7.62. The van der Waals surface area contributed by atoms with Gasteiger partial charge in [0, 0.05) is 17.5 Å². The molecule has 1 aromatic carbocycles. The van der Waals surface area contributed by atoms with Gasteiger partial charge in [0.05, 0.1) is 18.0 Å². The van der Waals surface area contributed by atoms with Crippen LogP contribution in [-0.4, -0.2) is 50.8 Å². The van der Waals surface area contributed by atoms with Crippen LogP contribution in [0.5, 0.6) is 5.75 Å². The van der Waals surface area contributed by atoms with Gasteiger partial charge in [0.15, 0.2) is 0 Å². The van der Waals surface area contributed by atoms with E-state index in [1.807, 2.05) is 25.6 Å². The maximum absolute atomic E-state index is 12.2. The minimum absolute atomic E-state index is 0.0368. The second-order valence-electron chi connectivity index (χ2n) is 7.06. The Morgan fingerprint density at radius 1 is 1.26 bits per heavy atom. The summed E-state index contributed by atoms with van der Waals surface area (Å²) < 4.78 is 31.0. The van der Waals surface area contributed by atoms with Gasteiger partial charge in [-0.05, 0) is 51.0 Å². The topological polar surface area (TPSA) is 75.7 Å². The van der Waals surface area contributed by atoms with E-state index in [1.54, 1.807) is 24.3 Å². The third-order valence-corrected chi connectivity index (χ3v) is 6.79. The van der Waals surface area contributed by atoms with Gasteiger partial charge in [0.2, 0.25) is 15.9 Å². The van der Waals surface area contributed by atoms with Crippen LogP contribution in [0.15, 0.2) is 24.3 Å². The Bertz CT molecular complexity index is 699. The minimum atomic E-state index is -3.57. The van der Waals surface area contributed by atoms with E-state index in [2.05, 4.69) is 5.32 Å². The second kappa shape index (κ2) is 10.2. The normalized spacial score (nSPS) is 15.1. The molecule has 0 unspecified atom stereocenters. The molecule has 0 heterocycles. The van der Waals surface area contributed by atoms with Crippen LogP contribution >= 0.6 is 11.8 Å². The summed E-state index contributed by atoms with van der Waals surface area (Å²) in [7, 11) is -3.57. The molecule has 0 atom stereocenters. The van der Waals surface area contributed by atoms with Crippen molar-refractivity contribution in [3.05, 3.63) is 24.3 Å². The maximum atomic E-state index is 12.2. The summed E-state index contributed by atoms with van der Waals surface area (Å²) >= 11 is 1.89. The first-order valence-electron chi connectivity index (χ1n) is 9.38. The molecular formula is C19H30N2O4S2. The highest BCUT2D eigenvalue weighted by molar-refractivity contribution is 7.99. The lowest BCUT2D eigenvalue weighted by Crippen LogP contribution is -2.41.